The molecule has 0 aromatic heterocycles. The Bertz CT molecular complexity index is 621. The van der Waals surface area contributed by atoms with Gasteiger partial charge in [0.1, 0.15) is 0 Å². The lowest BCUT2D eigenvalue weighted by atomic mass is 9.86. The van der Waals surface area contributed by atoms with E-state index in [1.54, 1.807) is 6.92 Å². The monoisotopic (exact) mass is 357 g/mol. The first-order valence-corrected chi connectivity index (χ1v) is 9.90. The van der Waals surface area contributed by atoms with Crippen molar-refractivity contribution < 1.29 is 9.59 Å². The second kappa shape index (κ2) is 8.67. The van der Waals surface area contributed by atoms with Gasteiger partial charge in [0.15, 0.2) is 5.78 Å². The Morgan fingerprint density at radius 1 is 1.04 bits per heavy atom. The lowest BCUT2D eigenvalue weighted by Crippen LogP contribution is -2.51. The van der Waals surface area contributed by atoms with Crippen LogP contribution in [0.15, 0.2) is 24.3 Å². The van der Waals surface area contributed by atoms with Gasteiger partial charge in [0.05, 0.1) is 6.54 Å². The number of benzene rings is 1. The molecule has 1 saturated heterocycles. The highest BCUT2D eigenvalue weighted by Gasteiger charge is 2.24. The molecular weight excluding hydrogens is 326 g/mol. The van der Waals surface area contributed by atoms with Crippen molar-refractivity contribution in [2.75, 3.05) is 37.6 Å². The molecule has 5 nitrogen and oxygen atoms in total. The van der Waals surface area contributed by atoms with Crippen molar-refractivity contribution in [3.63, 3.8) is 0 Å². The summed E-state index contributed by atoms with van der Waals surface area (Å²) in [6.45, 7) is 7.94. The number of amides is 1. The molecule has 1 amide bonds. The predicted octanol–water partition coefficient (Wildman–Crippen LogP) is 2.71. The first kappa shape index (κ1) is 18.9. The molecule has 2 aliphatic rings. The topological polar surface area (TPSA) is 52.7 Å². The Morgan fingerprint density at radius 3 is 2.31 bits per heavy atom. The fourth-order valence-electron chi connectivity index (χ4n) is 4.06. The average Bonchev–Trinajstić information content (AvgIpc) is 2.64. The highest BCUT2D eigenvalue weighted by atomic mass is 16.2. The number of Topliss-reactive ketones (excluding diaryl/α,β-unsaturated/α-hetero) is 1. The largest absolute Gasteiger partial charge is 0.369 e. The van der Waals surface area contributed by atoms with Crippen LogP contribution in [0.2, 0.25) is 0 Å². The summed E-state index contributed by atoms with van der Waals surface area (Å²) in [7, 11) is 0. The summed E-state index contributed by atoms with van der Waals surface area (Å²) in [6, 6.07) is 8.18. The molecule has 1 saturated carbocycles. The van der Waals surface area contributed by atoms with Crippen LogP contribution in [0, 0.1) is 5.92 Å². The Balaban J connectivity index is 1.44. The van der Waals surface area contributed by atoms with Crippen LogP contribution in [0.3, 0.4) is 0 Å². The molecule has 0 unspecified atom stereocenters. The van der Waals surface area contributed by atoms with Crippen LogP contribution in [0.25, 0.3) is 0 Å². The molecule has 1 aromatic carbocycles. The summed E-state index contributed by atoms with van der Waals surface area (Å²) in [4.78, 5) is 28.3. The van der Waals surface area contributed by atoms with E-state index in [2.05, 4.69) is 22.0 Å². The van der Waals surface area contributed by atoms with Crippen molar-refractivity contribution in [2.24, 2.45) is 5.92 Å². The van der Waals surface area contributed by atoms with E-state index in [0.717, 1.165) is 43.9 Å². The van der Waals surface area contributed by atoms with Gasteiger partial charge in [-0.15, -0.1) is 0 Å². The number of ketones is 1. The third-order valence-corrected chi connectivity index (χ3v) is 5.84. The van der Waals surface area contributed by atoms with Crippen LogP contribution in [-0.4, -0.2) is 55.4 Å². The smallest absolute Gasteiger partial charge is 0.234 e. The van der Waals surface area contributed by atoms with Crippen LogP contribution >= 0.6 is 0 Å². The van der Waals surface area contributed by atoms with Crippen molar-refractivity contribution in [1.82, 2.24) is 10.2 Å². The maximum Gasteiger partial charge on any atom is 0.234 e. The van der Waals surface area contributed by atoms with Crippen LogP contribution in [-0.2, 0) is 4.79 Å². The van der Waals surface area contributed by atoms with Crippen molar-refractivity contribution in [3.05, 3.63) is 29.8 Å². The van der Waals surface area contributed by atoms with Gasteiger partial charge in [-0.3, -0.25) is 14.5 Å². The molecule has 1 heterocycles. The van der Waals surface area contributed by atoms with Crippen LogP contribution in [0.1, 0.15) is 49.9 Å². The van der Waals surface area contributed by atoms with Gasteiger partial charge < -0.3 is 10.2 Å². The molecule has 1 aliphatic carbocycles. The van der Waals surface area contributed by atoms with E-state index < -0.39 is 0 Å². The second-order valence-corrected chi connectivity index (χ2v) is 7.80. The highest BCUT2D eigenvalue weighted by molar-refractivity contribution is 5.94. The van der Waals surface area contributed by atoms with Crippen molar-refractivity contribution in [1.29, 1.82) is 0 Å². The van der Waals surface area contributed by atoms with Crippen LogP contribution in [0.5, 0.6) is 0 Å². The van der Waals surface area contributed by atoms with E-state index in [4.69, 9.17) is 0 Å². The van der Waals surface area contributed by atoms with E-state index in [-0.39, 0.29) is 11.7 Å². The maximum atomic E-state index is 12.4. The zero-order valence-corrected chi connectivity index (χ0v) is 16.0. The molecule has 2 atom stereocenters. The number of rotatable bonds is 5. The Kier molecular flexibility index (Phi) is 6.30. The van der Waals surface area contributed by atoms with Gasteiger partial charge in [0.2, 0.25) is 5.91 Å². The lowest BCUT2D eigenvalue weighted by Gasteiger charge is -2.36. The molecule has 0 spiro atoms. The van der Waals surface area contributed by atoms with E-state index >= 15 is 0 Å². The number of anilines is 1. The number of nitrogens with one attached hydrogen (secondary N) is 1. The minimum absolute atomic E-state index is 0.0969. The molecule has 1 aliphatic heterocycles. The summed E-state index contributed by atoms with van der Waals surface area (Å²) < 4.78 is 0. The fraction of sp³-hybridized carbons (Fsp3) is 0.619. The third-order valence-electron chi connectivity index (χ3n) is 5.84. The minimum Gasteiger partial charge on any atom is -0.369 e. The Morgan fingerprint density at radius 2 is 1.69 bits per heavy atom. The Hall–Kier alpha value is -1.88. The molecular formula is C21H31N3O2. The van der Waals surface area contributed by atoms with Crippen molar-refractivity contribution >= 4 is 17.4 Å². The number of piperazine rings is 1. The quantitative estimate of drug-likeness (QED) is 0.823. The van der Waals surface area contributed by atoms with E-state index in [0.29, 0.717) is 18.5 Å². The van der Waals surface area contributed by atoms with E-state index in [1.165, 1.54) is 19.3 Å². The SMILES string of the molecule is CC(=O)c1ccc(N2CCN(CC(=O)N[C@H]3CCCC[C@H]3C)CC2)cc1. The van der Waals surface area contributed by atoms with Crippen LogP contribution < -0.4 is 10.2 Å². The van der Waals surface area contributed by atoms with Gasteiger partial charge >= 0.3 is 0 Å². The average molecular weight is 357 g/mol. The summed E-state index contributed by atoms with van der Waals surface area (Å²) in [5, 5.41) is 3.25. The molecule has 1 aromatic rings. The number of hydrogen-bond acceptors (Lipinski definition) is 4. The lowest BCUT2D eigenvalue weighted by molar-refractivity contribution is -0.123. The summed E-state index contributed by atoms with van der Waals surface area (Å²) in [5.74, 6) is 0.866. The molecule has 1 N–H and O–H groups in total. The predicted molar refractivity (Wildman–Crippen MR) is 105 cm³/mol. The minimum atomic E-state index is 0.0969. The third kappa shape index (κ3) is 4.85. The van der Waals surface area contributed by atoms with Gasteiger partial charge in [0, 0.05) is 43.5 Å². The second-order valence-electron chi connectivity index (χ2n) is 7.80. The normalized spacial score (nSPS) is 24.3. The van der Waals surface area contributed by atoms with Gasteiger partial charge in [0.25, 0.3) is 0 Å². The molecule has 3 rings (SSSR count). The fourth-order valence-corrected chi connectivity index (χ4v) is 4.06. The molecule has 5 heteroatoms. The van der Waals surface area contributed by atoms with E-state index in [9.17, 15) is 9.59 Å². The summed E-state index contributed by atoms with van der Waals surface area (Å²) in [5.41, 5.74) is 1.90. The summed E-state index contributed by atoms with van der Waals surface area (Å²) >= 11 is 0. The molecule has 0 bridgehead atoms. The van der Waals surface area contributed by atoms with Crippen molar-refractivity contribution in [3.8, 4) is 0 Å². The maximum absolute atomic E-state index is 12.4. The van der Waals surface area contributed by atoms with Crippen LogP contribution in [0.4, 0.5) is 5.69 Å². The number of hydrogen-bond donors (Lipinski definition) is 1. The first-order valence-electron chi connectivity index (χ1n) is 9.90. The molecule has 26 heavy (non-hydrogen) atoms. The zero-order valence-electron chi connectivity index (χ0n) is 16.0. The molecule has 2 fully saturated rings. The molecule has 0 radical (unpaired) electrons. The number of carbonyl (C=O) groups is 2. The number of carbonyl (C=O) groups excluding carboxylic acids is 2. The van der Waals surface area contributed by atoms with Gasteiger partial charge in [-0.25, -0.2) is 0 Å². The first-order chi connectivity index (χ1) is 12.5. The Labute approximate surface area is 156 Å². The standard InChI is InChI=1S/C21H31N3O2/c1-16-5-3-4-6-20(16)22-21(26)15-23-11-13-24(14-12-23)19-9-7-18(8-10-19)17(2)25/h7-10,16,20H,3-6,11-15H2,1-2H3,(H,22,26)/t16-,20+/m1/s1. The van der Waals surface area contributed by atoms with Gasteiger partial charge in [-0.1, -0.05) is 19.8 Å². The van der Waals surface area contributed by atoms with Gasteiger partial charge in [-0.05, 0) is 49.9 Å². The highest BCUT2D eigenvalue weighted by Crippen LogP contribution is 2.23. The van der Waals surface area contributed by atoms with Crippen molar-refractivity contribution in [2.45, 2.75) is 45.6 Å². The van der Waals surface area contributed by atoms with Gasteiger partial charge in [-0.2, -0.15) is 0 Å². The zero-order chi connectivity index (χ0) is 18.5. The number of nitrogens with zero attached hydrogens (tertiary/aromatic N) is 2. The summed E-state index contributed by atoms with van der Waals surface area (Å²) in [6.07, 6.45) is 4.88. The molecule has 142 valence electrons. The van der Waals surface area contributed by atoms with E-state index in [1.807, 2.05) is 24.3 Å².